The third-order valence-electron chi connectivity index (χ3n) is 5.28. The monoisotopic (exact) mass is 395 g/mol. The number of primary amides is 1. The first kappa shape index (κ1) is 20.3. The summed E-state index contributed by atoms with van der Waals surface area (Å²) >= 11 is 0. The molecule has 8 nitrogen and oxygen atoms in total. The fourth-order valence-electron chi connectivity index (χ4n) is 2.83. The minimum absolute atomic E-state index is 0.00438. The van der Waals surface area contributed by atoms with Crippen LogP contribution < -0.4 is 11.1 Å². The predicted molar refractivity (Wildman–Crippen MR) is 109 cm³/mol. The number of carbonyl (C=O) groups excluding carboxylic acids is 2. The number of nitrogens with two attached hydrogens (primary N) is 1. The largest absolute Gasteiger partial charge is 0.431 e. The molecular weight excluding hydrogens is 370 g/mol. The molecule has 2 aromatic heterocycles. The highest BCUT2D eigenvalue weighted by Gasteiger charge is 2.30. The van der Waals surface area contributed by atoms with Crippen molar-refractivity contribution in [2.24, 2.45) is 11.7 Å². The number of aromatic nitrogens is 3. The molecule has 0 saturated heterocycles. The third kappa shape index (κ3) is 3.78. The fourth-order valence-corrected chi connectivity index (χ4v) is 2.83. The van der Waals surface area contributed by atoms with E-state index in [-0.39, 0.29) is 29.0 Å². The predicted octanol–water partition coefficient (Wildman–Crippen LogP) is 3.05. The zero-order chi connectivity index (χ0) is 21.3. The first-order valence-corrected chi connectivity index (χ1v) is 9.34. The van der Waals surface area contributed by atoms with Crippen LogP contribution in [0.1, 0.15) is 48.7 Å². The lowest BCUT2D eigenvalue weighted by Crippen LogP contribution is -2.37. The first-order chi connectivity index (χ1) is 13.6. The lowest BCUT2D eigenvalue weighted by Gasteiger charge is -2.31. The summed E-state index contributed by atoms with van der Waals surface area (Å²) in [4.78, 5) is 27.8. The van der Waals surface area contributed by atoms with Crippen LogP contribution in [0, 0.1) is 5.92 Å². The average Bonchev–Trinajstić information content (AvgIpc) is 3.35. The minimum atomic E-state index is -0.676. The molecule has 0 atom stereocenters. The van der Waals surface area contributed by atoms with Crippen molar-refractivity contribution < 1.29 is 14.0 Å². The van der Waals surface area contributed by atoms with E-state index in [0.717, 1.165) is 5.56 Å². The Morgan fingerprint density at radius 3 is 2.48 bits per heavy atom. The Balaban J connectivity index is 2.08. The summed E-state index contributed by atoms with van der Waals surface area (Å²) < 4.78 is 7.19. The van der Waals surface area contributed by atoms with Gasteiger partial charge in [0.2, 0.25) is 11.7 Å². The molecule has 0 radical (unpaired) electrons. The van der Waals surface area contributed by atoms with Crippen LogP contribution >= 0.6 is 0 Å². The molecule has 1 aromatic carbocycles. The Labute approximate surface area is 169 Å². The Morgan fingerprint density at radius 2 is 1.90 bits per heavy atom. The van der Waals surface area contributed by atoms with Crippen molar-refractivity contribution in [1.29, 1.82) is 0 Å². The molecule has 0 aliphatic rings. The van der Waals surface area contributed by atoms with Crippen molar-refractivity contribution in [3.8, 4) is 22.7 Å². The Bertz CT molecular complexity index is 1060. The standard InChI is InChI=1S/C21H25N5O3/c1-12(2)21(3,4)26-16(19(28)23-5)10-15(25-26)13-7-6-8-14(9-13)20-24-11-17(29-20)18(22)27/h6-12H,1-5H3,(H2,22,27)(H,23,28). The van der Waals surface area contributed by atoms with Crippen LogP contribution in [0.4, 0.5) is 0 Å². The van der Waals surface area contributed by atoms with E-state index < -0.39 is 5.91 Å². The zero-order valence-corrected chi connectivity index (χ0v) is 17.2. The molecule has 3 rings (SSSR count). The van der Waals surface area contributed by atoms with Gasteiger partial charge in [-0.1, -0.05) is 26.0 Å². The molecule has 0 aliphatic carbocycles. The van der Waals surface area contributed by atoms with Gasteiger partial charge in [0.05, 0.1) is 17.4 Å². The van der Waals surface area contributed by atoms with E-state index >= 15 is 0 Å². The Hall–Kier alpha value is -3.42. The highest BCUT2D eigenvalue weighted by molar-refractivity contribution is 5.93. The van der Waals surface area contributed by atoms with Gasteiger partial charge >= 0.3 is 0 Å². The molecule has 0 fully saturated rings. The Kier molecular flexibility index (Phi) is 5.28. The summed E-state index contributed by atoms with van der Waals surface area (Å²) in [5, 5.41) is 7.42. The van der Waals surface area contributed by atoms with Crippen molar-refractivity contribution in [3.63, 3.8) is 0 Å². The van der Waals surface area contributed by atoms with E-state index in [1.807, 2.05) is 24.3 Å². The van der Waals surface area contributed by atoms with E-state index in [1.165, 1.54) is 6.20 Å². The topological polar surface area (TPSA) is 116 Å². The summed E-state index contributed by atoms with van der Waals surface area (Å²) in [6, 6.07) is 9.16. The maximum atomic E-state index is 12.5. The molecule has 2 heterocycles. The highest BCUT2D eigenvalue weighted by Crippen LogP contribution is 2.31. The molecule has 152 valence electrons. The van der Waals surface area contributed by atoms with Crippen LogP contribution in [-0.4, -0.2) is 33.6 Å². The van der Waals surface area contributed by atoms with Crippen molar-refractivity contribution >= 4 is 11.8 Å². The maximum Gasteiger partial charge on any atom is 0.286 e. The summed E-state index contributed by atoms with van der Waals surface area (Å²) in [5.41, 5.74) is 7.47. The second-order valence-electron chi connectivity index (χ2n) is 7.69. The van der Waals surface area contributed by atoms with Gasteiger partial charge < -0.3 is 15.5 Å². The van der Waals surface area contributed by atoms with E-state index in [0.29, 0.717) is 17.0 Å². The molecule has 0 bridgehead atoms. The molecular formula is C21H25N5O3. The SMILES string of the molecule is CNC(=O)c1cc(-c2cccc(-c3ncc(C(N)=O)o3)c2)nn1C(C)(C)C(C)C. The van der Waals surface area contributed by atoms with Gasteiger partial charge in [-0.3, -0.25) is 14.3 Å². The number of nitrogens with one attached hydrogen (secondary N) is 1. The molecule has 2 amide bonds. The smallest absolute Gasteiger partial charge is 0.286 e. The van der Waals surface area contributed by atoms with Gasteiger partial charge in [0.15, 0.2) is 0 Å². The summed E-state index contributed by atoms with van der Waals surface area (Å²) in [6.07, 6.45) is 1.30. The maximum absolute atomic E-state index is 12.5. The first-order valence-electron chi connectivity index (χ1n) is 9.34. The van der Waals surface area contributed by atoms with Crippen molar-refractivity contribution in [2.45, 2.75) is 33.2 Å². The number of oxazole rings is 1. The van der Waals surface area contributed by atoms with Gasteiger partial charge in [-0.15, -0.1) is 0 Å². The molecule has 0 aliphatic heterocycles. The molecule has 0 saturated carbocycles. The van der Waals surface area contributed by atoms with E-state index in [2.05, 4.69) is 38.0 Å². The molecule has 29 heavy (non-hydrogen) atoms. The quantitative estimate of drug-likeness (QED) is 0.665. The zero-order valence-electron chi connectivity index (χ0n) is 17.2. The van der Waals surface area contributed by atoms with Crippen LogP contribution in [0.2, 0.25) is 0 Å². The normalized spacial score (nSPS) is 11.7. The number of rotatable bonds is 6. The molecule has 8 heteroatoms. The van der Waals surface area contributed by atoms with Gasteiger partial charge in [-0.25, -0.2) is 4.98 Å². The number of benzene rings is 1. The lowest BCUT2D eigenvalue weighted by molar-refractivity contribution is 0.0934. The number of hydrogen-bond acceptors (Lipinski definition) is 5. The lowest BCUT2D eigenvalue weighted by atomic mass is 9.90. The van der Waals surface area contributed by atoms with Crippen molar-refractivity contribution in [1.82, 2.24) is 20.1 Å². The fraction of sp³-hybridized carbons (Fsp3) is 0.333. The second kappa shape index (κ2) is 7.54. The van der Waals surface area contributed by atoms with Gasteiger partial charge in [-0.2, -0.15) is 5.10 Å². The van der Waals surface area contributed by atoms with Crippen LogP contribution in [0.5, 0.6) is 0 Å². The number of amides is 2. The Morgan fingerprint density at radius 1 is 1.21 bits per heavy atom. The van der Waals surface area contributed by atoms with Crippen LogP contribution in [0.15, 0.2) is 40.9 Å². The van der Waals surface area contributed by atoms with E-state index in [9.17, 15) is 9.59 Å². The van der Waals surface area contributed by atoms with Gasteiger partial charge in [0.25, 0.3) is 11.8 Å². The van der Waals surface area contributed by atoms with Crippen LogP contribution in [0.25, 0.3) is 22.7 Å². The summed E-state index contributed by atoms with van der Waals surface area (Å²) in [5.74, 6) is -0.342. The summed E-state index contributed by atoms with van der Waals surface area (Å²) in [6.45, 7) is 8.29. The van der Waals surface area contributed by atoms with Crippen LogP contribution in [-0.2, 0) is 5.54 Å². The molecule has 0 unspecified atom stereocenters. The highest BCUT2D eigenvalue weighted by atomic mass is 16.4. The molecule has 3 N–H and O–H groups in total. The molecule has 0 spiro atoms. The van der Waals surface area contributed by atoms with E-state index in [1.54, 1.807) is 17.8 Å². The van der Waals surface area contributed by atoms with Gasteiger partial charge in [0, 0.05) is 18.2 Å². The van der Waals surface area contributed by atoms with E-state index in [4.69, 9.17) is 15.2 Å². The second-order valence-corrected chi connectivity index (χ2v) is 7.69. The van der Waals surface area contributed by atoms with Crippen molar-refractivity contribution in [2.75, 3.05) is 7.05 Å². The number of carbonyl (C=O) groups is 2. The number of nitrogens with zero attached hydrogens (tertiary/aromatic N) is 3. The van der Waals surface area contributed by atoms with Crippen molar-refractivity contribution in [3.05, 3.63) is 48.0 Å². The number of hydrogen-bond donors (Lipinski definition) is 2. The minimum Gasteiger partial charge on any atom is -0.431 e. The third-order valence-corrected chi connectivity index (χ3v) is 5.28. The van der Waals surface area contributed by atoms with Gasteiger partial charge in [0.1, 0.15) is 5.69 Å². The average molecular weight is 395 g/mol. The van der Waals surface area contributed by atoms with Gasteiger partial charge in [-0.05, 0) is 38.0 Å². The summed E-state index contributed by atoms with van der Waals surface area (Å²) in [7, 11) is 1.60. The van der Waals surface area contributed by atoms with Crippen LogP contribution in [0.3, 0.4) is 0 Å². The molecule has 3 aromatic rings.